The highest BCUT2D eigenvalue weighted by Gasteiger charge is 2.59. The van der Waals surface area contributed by atoms with Crippen LogP contribution in [0.2, 0.25) is 5.02 Å². The Kier molecular flexibility index (Phi) is 3.44. The van der Waals surface area contributed by atoms with Crippen LogP contribution in [0.4, 0.5) is 5.69 Å². The fourth-order valence-corrected chi connectivity index (χ4v) is 4.58. The van der Waals surface area contributed by atoms with Gasteiger partial charge in [0, 0.05) is 5.02 Å². The summed E-state index contributed by atoms with van der Waals surface area (Å²) in [7, 11) is 0. The Hall–Kier alpha value is -2.59. The third-order valence-electron chi connectivity index (χ3n) is 5.61. The maximum atomic E-state index is 12.8. The smallest absolute Gasteiger partial charge is 0.238 e. The zero-order valence-electron chi connectivity index (χ0n) is 13.8. The van der Waals surface area contributed by atoms with Crippen molar-refractivity contribution in [2.45, 2.75) is 6.42 Å². The number of carbonyl (C=O) groups is 2. The van der Waals surface area contributed by atoms with Crippen molar-refractivity contribution in [1.82, 2.24) is 0 Å². The van der Waals surface area contributed by atoms with Gasteiger partial charge in [0.2, 0.25) is 11.8 Å². The minimum atomic E-state index is -0.178. The predicted molar refractivity (Wildman–Crippen MR) is 98.2 cm³/mol. The Morgan fingerprint density at radius 1 is 0.808 bits per heavy atom. The first-order valence-corrected chi connectivity index (χ1v) is 9.09. The lowest BCUT2D eigenvalue weighted by Gasteiger charge is -2.17. The molecule has 2 bridgehead atoms. The number of nitrogens with zero attached hydrogens (tertiary/aromatic N) is 1. The van der Waals surface area contributed by atoms with Crippen molar-refractivity contribution in [2.24, 2.45) is 23.7 Å². The van der Waals surface area contributed by atoms with Gasteiger partial charge < -0.3 is 4.74 Å². The number of anilines is 1. The van der Waals surface area contributed by atoms with Crippen molar-refractivity contribution in [2.75, 3.05) is 4.90 Å². The first-order valence-electron chi connectivity index (χ1n) is 8.71. The molecule has 0 aromatic heterocycles. The maximum Gasteiger partial charge on any atom is 0.238 e. The highest BCUT2D eigenvalue weighted by molar-refractivity contribution is 6.30. The van der Waals surface area contributed by atoms with Gasteiger partial charge in [-0.15, -0.1) is 0 Å². The van der Waals surface area contributed by atoms with Gasteiger partial charge in [-0.1, -0.05) is 23.8 Å². The van der Waals surface area contributed by atoms with Crippen LogP contribution in [-0.4, -0.2) is 11.8 Å². The van der Waals surface area contributed by atoms with Gasteiger partial charge in [-0.05, 0) is 66.8 Å². The average Bonchev–Trinajstić information content (AvgIpc) is 3.32. The van der Waals surface area contributed by atoms with Crippen LogP contribution in [0, 0.1) is 23.7 Å². The Bertz CT molecular complexity index is 889. The van der Waals surface area contributed by atoms with Crippen molar-refractivity contribution in [3.8, 4) is 11.5 Å². The number of halogens is 1. The van der Waals surface area contributed by atoms with E-state index in [9.17, 15) is 9.59 Å². The number of ether oxygens (including phenoxy) is 1. The molecule has 5 heteroatoms. The fraction of sp³-hybridized carbons (Fsp3) is 0.238. The van der Waals surface area contributed by atoms with Crippen molar-refractivity contribution in [3.63, 3.8) is 0 Å². The predicted octanol–water partition coefficient (Wildman–Crippen LogP) is 4.44. The van der Waals surface area contributed by atoms with Gasteiger partial charge >= 0.3 is 0 Å². The van der Waals surface area contributed by atoms with E-state index in [0.717, 1.165) is 6.42 Å². The Morgan fingerprint density at radius 3 is 1.85 bits per heavy atom. The van der Waals surface area contributed by atoms with E-state index in [1.165, 1.54) is 4.90 Å². The molecule has 0 spiro atoms. The lowest BCUT2D eigenvalue weighted by Crippen LogP contribution is -2.32. The lowest BCUT2D eigenvalue weighted by atomic mass is 9.85. The molecule has 5 rings (SSSR count). The SMILES string of the molecule is O=C1[C@@H]2[C@H](C(=O)N1c1ccc(Oc3ccc(Cl)cc3)cc1)[C@@H]1C=C[C@@H]2C1. The molecule has 1 saturated heterocycles. The van der Waals surface area contributed by atoms with Gasteiger partial charge in [0.15, 0.2) is 0 Å². The summed E-state index contributed by atoms with van der Waals surface area (Å²) in [5.41, 5.74) is 0.609. The third kappa shape index (κ3) is 2.29. The Morgan fingerprint density at radius 2 is 1.31 bits per heavy atom. The highest BCUT2D eigenvalue weighted by Crippen LogP contribution is 2.53. The Labute approximate surface area is 156 Å². The van der Waals surface area contributed by atoms with Crippen LogP contribution >= 0.6 is 11.6 Å². The second-order valence-electron chi connectivity index (χ2n) is 7.06. The summed E-state index contributed by atoms with van der Waals surface area (Å²) >= 11 is 5.87. The molecule has 2 aliphatic carbocycles. The maximum absolute atomic E-state index is 12.8. The quantitative estimate of drug-likeness (QED) is 0.596. The summed E-state index contributed by atoms with van der Waals surface area (Å²) in [6.45, 7) is 0. The molecule has 130 valence electrons. The lowest BCUT2D eigenvalue weighted by molar-refractivity contribution is -0.123. The van der Waals surface area contributed by atoms with Crippen molar-refractivity contribution in [1.29, 1.82) is 0 Å². The molecule has 0 unspecified atom stereocenters. The molecule has 0 radical (unpaired) electrons. The zero-order valence-corrected chi connectivity index (χ0v) is 14.6. The van der Waals surface area contributed by atoms with E-state index in [2.05, 4.69) is 12.2 Å². The van der Waals surface area contributed by atoms with E-state index in [-0.39, 0.29) is 35.5 Å². The van der Waals surface area contributed by atoms with E-state index < -0.39 is 0 Å². The molecule has 0 N–H and O–H groups in total. The van der Waals surface area contributed by atoms with Gasteiger partial charge in [-0.3, -0.25) is 14.5 Å². The summed E-state index contributed by atoms with van der Waals surface area (Å²) in [5, 5.41) is 0.646. The monoisotopic (exact) mass is 365 g/mol. The number of allylic oxidation sites excluding steroid dienone is 2. The average molecular weight is 366 g/mol. The molecular formula is C21H16ClNO3. The molecule has 2 amide bonds. The van der Waals surface area contributed by atoms with Crippen LogP contribution < -0.4 is 9.64 Å². The standard InChI is InChI=1S/C21H16ClNO3/c22-14-3-7-16(8-4-14)26-17-9-5-15(6-10-17)23-20(24)18-12-1-2-13(11-12)19(18)21(23)25/h1-10,12-13,18-19H,11H2/t12-,13-,18-,19+/m1/s1. The molecule has 4 nitrogen and oxygen atoms in total. The summed E-state index contributed by atoms with van der Waals surface area (Å²) in [5.74, 6) is 1.26. The topological polar surface area (TPSA) is 46.6 Å². The number of hydrogen-bond donors (Lipinski definition) is 0. The van der Waals surface area contributed by atoms with Crippen LogP contribution in [0.5, 0.6) is 11.5 Å². The van der Waals surface area contributed by atoms with E-state index in [4.69, 9.17) is 16.3 Å². The highest BCUT2D eigenvalue weighted by atomic mass is 35.5. The van der Waals surface area contributed by atoms with Crippen LogP contribution in [0.25, 0.3) is 0 Å². The van der Waals surface area contributed by atoms with Gasteiger partial charge in [-0.2, -0.15) is 0 Å². The molecule has 4 atom stereocenters. The number of hydrogen-bond acceptors (Lipinski definition) is 3. The number of carbonyl (C=O) groups excluding carboxylic acids is 2. The molecule has 1 saturated carbocycles. The molecular weight excluding hydrogens is 350 g/mol. The summed E-state index contributed by atoms with van der Waals surface area (Å²) < 4.78 is 5.77. The number of fused-ring (bicyclic) bond motifs is 5. The number of amides is 2. The molecule has 1 aliphatic heterocycles. The fourth-order valence-electron chi connectivity index (χ4n) is 4.46. The molecule has 3 aliphatic rings. The van der Waals surface area contributed by atoms with E-state index in [1.807, 2.05) is 0 Å². The number of rotatable bonds is 3. The summed E-state index contributed by atoms with van der Waals surface area (Å²) in [6.07, 6.45) is 5.14. The number of imide groups is 1. The van der Waals surface area contributed by atoms with E-state index >= 15 is 0 Å². The van der Waals surface area contributed by atoms with Crippen LogP contribution in [0.3, 0.4) is 0 Å². The summed E-state index contributed by atoms with van der Waals surface area (Å²) in [6, 6.07) is 14.1. The second kappa shape index (κ2) is 5.71. The normalized spacial score (nSPS) is 28.7. The van der Waals surface area contributed by atoms with Gasteiger partial charge in [0.25, 0.3) is 0 Å². The van der Waals surface area contributed by atoms with Gasteiger partial charge in [-0.25, -0.2) is 0 Å². The Balaban J connectivity index is 1.37. The van der Waals surface area contributed by atoms with Gasteiger partial charge in [0.05, 0.1) is 17.5 Å². The van der Waals surface area contributed by atoms with Crippen molar-refractivity contribution < 1.29 is 14.3 Å². The van der Waals surface area contributed by atoms with Crippen molar-refractivity contribution in [3.05, 3.63) is 65.7 Å². The molecule has 2 aromatic carbocycles. The largest absolute Gasteiger partial charge is 0.457 e. The van der Waals surface area contributed by atoms with Crippen LogP contribution in [0.1, 0.15) is 6.42 Å². The summed E-state index contributed by atoms with van der Waals surface area (Å²) in [4.78, 5) is 27.0. The van der Waals surface area contributed by atoms with Crippen LogP contribution in [-0.2, 0) is 9.59 Å². The zero-order chi connectivity index (χ0) is 17.8. The van der Waals surface area contributed by atoms with Crippen molar-refractivity contribution >= 4 is 29.1 Å². The minimum absolute atomic E-state index is 0.0665. The second-order valence-corrected chi connectivity index (χ2v) is 7.50. The van der Waals surface area contributed by atoms with E-state index in [1.54, 1.807) is 48.5 Å². The first kappa shape index (κ1) is 15.6. The number of benzene rings is 2. The minimum Gasteiger partial charge on any atom is -0.457 e. The molecule has 26 heavy (non-hydrogen) atoms. The first-order chi connectivity index (χ1) is 12.6. The molecule has 1 heterocycles. The van der Waals surface area contributed by atoms with Gasteiger partial charge in [0.1, 0.15) is 11.5 Å². The third-order valence-corrected chi connectivity index (χ3v) is 5.87. The molecule has 2 fully saturated rings. The van der Waals surface area contributed by atoms with E-state index in [0.29, 0.717) is 22.2 Å². The van der Waals surface area contributed by atoms with Crippen LogP contribution in [0.15, 0.2) is 60.7 Å². The molecule has 2 aromatic rings.